The third kappa shape index (κ3) is 3.57. The first-order valence-electron chi connectivity index (χ1n) is 8.52. The van der Waals surface area contributed by atoms with Crippen LogP contribution in [0.5, 0.6) is 11.8 Å². The largest absolute Gasteiger partial charge is 0.418 e. The van der Waals surface area contributed by atoms with E-state index in [1.165, 1.54) is 0 Å². The van der Waals surface area contributed by atoms with Gasteiger partial charge < -0.3 is 4.74 Å². The number of hydrogen-bond acceptors (Lipinski definition) is 4. The second-order valence-corrected chi connectivity index (χ2v) is 6.00. The lowest BCUT2D eigenvalue weighted by atomic mass is 10.2. The highest BCUT2D eigenvalue weighted by molar-refractivity contribution is 5.61. The number of halogens is 5. The van der Waals surface area contributed by atoms with Crippen molar-refractivity contribution in [2.75, 3.05) is 0 Å². The molecule has 0 fully saturated rings. The molecule has 1 aromatic heterocycles. The number of benzene rings is 3. The smallest absolute Gasteiger partial charge is 0.326 e. The molecule has 0 bridgehead atoms. The minimum Gasteiger partial charge on any atom is -0.418 e. The van der Waals surface area contributed by atoms with Crippen LogP contribution in [-0.2, 0) is 0 Å². The summed E-state index contributed by atoms with van der Waals surface area (Å²) < 4.78 is 73.2. The van der Waals surface area contributed by atoms with E-state index in [-0.39, 0.29) is 11.6 Å². The van der Waals surface area contributed by atoms with Gasteiger partial charge in [-0.2, -0.15) is 18.7 Å². The van der Waals surface area contributed by atoms with Crippen LogP contribution in [0.4, 0.5) is 22.0 Å². The Bertz CT molecular complexity index is 1130. The second kappa shape index (κ2) is 7.86. The highest BCUT2D eigenvalue weighted by Crippen LogP contribution is 2.32. The van der Waals surface area contributed by atoms with Crippen molar-refractivity contribution in [3.63, 3.8) is 0 Å². The van der Waals surface area contributed by atoms with Crippen LogP contribution in [0.15, 0.2) is 60.7 Å². The number of nitrogens with zero attached hydrogens (tertiary/aromatic N) is 3. The predicted octanol–water partition coefficient (Wildman–Crippen LogP) is 5.69. The lowest BCUT2D eigenvalue weighted by Gasteiger charge is -2.11. The van der Waals surface area contributed by atoms with Gasteiger partial charge in [0.2, 0.25) is 34.8 Å². The average Bonchev–Trinajstić information content (AvgIpc) is 2.80. The van der Waals surface area contributed by atoms with Gasteiger partial charge in [-0.15, -0.1) is 0 Å². The maximum atomic E-state index is 14.0. The molecular weight excluding hydrogens is 405 g/mol. The maximum Gasteiger partial charge on any atom is 0.326 e. The molecular formula is C21H10F5N3O. The summed E-state index contributed by atoms with van der Waals surface area (Å²) in [4.78, 5) is 12.3. The van der Waals surface area contributed by atoms with Gasteiger partial charge >= 0.3 is 6.01 Å². The molecule has 0 aliphatic heterocycles. The van der Waals surface area contributed by atoms with Crippen LogP contribution >= 0.6 is 0 Å². The molecule has 3 aromatic carbocycles. The normalized spacial score (nSPS) is 10.8. The third-order valence-electron chi connectivity index (χ3n) is 4.04. The molecule has 30 heavy (non-hydrogen) atoms. The van der Waals surface area contributed by atoms with E-state index in [1.54, 1.807) is 60.7 Å². The van der Waals surface area contributed by atoms with E-state index in [4.69, 9.17) is 4.74 Å². The SMILES string of the molecule is Fc1c(F)c(F)c(Oc2nc(-c3ccccc3)nc(-c3ccccc3)n2)c(F)c1F. The number of rotatable bonds is 4. The first-order chi connectivity index (χ1) is 14.5. The van der Waals surface area contributed by atoms with E-state index in [2.05, 4.69) is 15.0 Å². The molecule has 0 unspecified atom stereocenters. The molecule has 4 nitrogen and oxygen atoms in total. The molecule has 0 aliphatic rings. The van der Waals surface area contributed by atoms with E-state index in [0.29, 0.717) is 11.1 Å². The zero-order valence-corrected chi connectivity index (χ0v) is 14.9. The number of ether oxygens (including phenoxy) is 1. The van der Waals surface area contributed by atoms with E-state index < -0.39 is 40.8 Å². The maximum absolute atomic E-state index is 14.0. The molecule has 0 saturated heterocycles. The van der Waals surface area contributed by atoms with Crippen molar-refractivity contribution in [3.05, 3.63) is 89.7 Å². The first kappa shape index (κ1) is 19.4. The van der Waals surface area contributed by atoms with Crippen LogP contribution in [0.3, 0.4) is 0 Å². The van der Waals surface area contributed by atoms with Crippen LogP contribution < -0.4 is 4.74 Å². The van der Waals surface area contributed by atoms with Crippen molar-refractivity contribution >= 4 is 0 Å². The van der Waals surface area contributed by atoms with E-state index in [9.17, 15) is 22.0 Å². The fourth-order valence-corrected chi connectivity index (χ4v) is 2.60. The number of aromatic nitrogens is 3. The van der Waals surface area contributed by atoms with E-state index in [0.717, 1.165) is 0 Å². The van der Waals surface area contributed by atoms with Gasteiger partial charge in [-0.05, 0) is 0 Å². The Morgan fingerprint density at radius 2 is 0.900 bits per heavy atom. The Morgan fingerprint density at radius 3 is 1.33 bits per heavy atom. The molecule has 4 aromatic rings. The van der Waals surface area contributed by atoms with Gasteiger partial charge in [0.1, 0.15) is 0 Å². The van der Waals surface area contributed by atoms with Crippen molar-refractivity contribution in [2.24, 2.45) is 0 Å². The zero-order valence-electron chi connectivity index (χ0n) is 14.9. The summed E-state index contributed by atoms with van der Waals surface area (Å²) in [7, 11) is 0. The fourth-order valence-electron chi connectivity index (χ4n) is 2.60. The summed E-state index contributed by atoms with van der Waals surface area (Å²) in [6, 6.07) is 16.4. The van der Waals surface area contributed by atoms with Crippen LogP contribution in [0.25, 0.3) is 22.8 Å². The van der Waals surface area contributed by atoms with Gasteiger partial charge in [0.05, 0.1) is 0 Å². The van der Waals surface area contributed by atoms with Gasteiger partial charge in [-0.1, -0.05) is 60.7 Å². The average molecular weight is 415 g/mol. The van der Waals surface area contributed by atoms with Crippen molar-refractivity contribution in [1.29, 1.82) is 0 Å². The second-order valence-electron chi connectivity index (χ2n) is 6.00. The molecule has 0 radical (unpaired) electrons. The topological polar surface area (TPSA) is 47.9 Å². The van der Waals surface area contributed by atoms with Crippen molar-refractivity contribution in [1.82, 2.24) is 15.0 Å². The lowest BCUT2D eigenvalue weighted by molar-refractivity contribution is 0.322. The lowest BCUT2D eigenvalue weighted by Crippen LogP contribution is -2.07. The van der Waals surface area contributed by atoms with Gasteiger partial charge in [0.25, 0.3) is 0 Å². The fraction of sp³-hybridized carbons (Fsp3) is 0. The Morgan fingerprint density at radius 1 is 0.500 bits per heavy atom. The molecule has 1 heterocycles. The van der Waals surface area contributed by atoms with Crippen molar-refractivity contribution < 1.29 is 26.7 Å². The molecule has 0 atom stereocenters. The van der Waals surface area contributed by atoms with Crippen LogP contribution in [0.2, 0.25) is 0 Å². The number of hydrogen-bond donors (Lipinski definition) is 0. The Balaban J connectivity index is 1.87. The molecule has 150 valence electrons. The van der Waals surface area contributed by atoms with E-state index in [1.807, 2.05) is 0 Å². The molecule has 0 amide bonds. The Hall–Kier alpha value is -3.88. The van der Waals surface area contributed by atoms with Crippen LogP contribution in [0, 0.1) is 29.1 Å². The van der Waals surface area contributed by atoms with Gasteiger partial charge in [0.15, 0.2) is 11.6 Å². The van der Waals surface area contributed by atoms with Crippen molar-refractivity contribution in [2.45, 2.75) is 0 Å². The standard InChI is InChI=1S/C21H10F5N3O/c22-13-14(23)16(25)18(17(26)15(13)24)30-21-28-19(11-7-3-1-4-8-11)27-20(29-21)12-9-5-2-6-10-12/h1-10H. The van der Waals surface area contributed by atoms with Gasteiger partial charge in [0, 0.05) is 11.1 Å². The quantitative estimate of drug-likeness (QED) is 0.244. The summed E-state index contributed by atoms with van der Waals surface area (Å²) >= 11 is 0. The van der Waals surface area contributed by atoms with E-state index >= 15 is 0 Å². The molecule has 0 aliphatic carbocycles. The zero-order chi connectivity index (χ0) is 21.3. The Labute approximate surface area is 166 Å². The summed E-state index contributed by atoms with van der Waals surface area (Å²) in [5, 5.41) is 0. The highest BCUT2D eigenvalue weighted by atomic mass is 19.2. The molecule has 4 rings (SSSR count). The monoisotopic (exact) mass is 415 g/mol. The minimum absolute atomic E-state index is 0.0864. The molecule has 9 heteroatoms. The van der Waals surface area contributed by atoms with Crippen molar-refractivity contribution in [3.8, 4) is 34.5 Å². The van der Waals surface area contributed by atoms with Gasteiger partial charge in [-0.25, -0.2) is 18.2 Å². The summed E-state index contributed by atoms with van der Waals surface area (Å²) in [6.07, 6.45) is 0. The predicted molar refractivity (Wildman–Crippen MR) is 97.0 cm³/mol. The minimum atomic E-state index is -2.29. The van der Waals surface area contributed by atoms with Crippen LogP contribution in [0.1, 0.15) is 0 Å². The molecule has 0 spiro atoms. The first-order valence-corrected chi connectivity index (χ1v) is 8.52. The summed E-state index contributed by atoms with van der Waals surface area (Å²) in [6.45, 7) is 0. The highest BCUT2D eigenvalue weighted by Gasteiger charge is 2.28. The summed E-state index contributed by atoms with van der Waals surface area (Å²) in [5.41, 5.74) is 1.05. The molecule has 0 N–H and O–H groups in total. The third-order valence-corrected chi connectivity index (χ3v) is 4.04. The van der Waals surface area contributed by atoms with Crippen LogP contribution in [-0.4, -0.2) is 15.0 Å². The van der Waals surface area contributed by atoms with Gasteiger partial charge in [-0.3, -0.25) is 0 Å². The Kier molecular flexibility index (Phi) is 5.09. The summed E-state index contributed by atoms with van der Waals surface area (Å²) in [5.74, 6) is -12.2. The molecule has 0 saturated carbocycles.